The normalized spacial score (nSPS) is 16.1. The molecule has 0 aliphatic heterocycles. The average molecular weight is 284 g/mol. The van der Waals surface area contributed by atoms with Crippen molar-refractivity contribution < 1.29 is 14.6 Å². The highest BCUT2D eigenvalue weighted by Crippen LogP contribution is 2.28. The van der Waals surface area contributed by atoms with E-state index in [9.17, 15) is 4.79 Å². The number of hydrogen-bond donors (Lipinski definition) is 1. The summed E-state index contributed by atoms with van der Waals surface area (Å²) in [7, 11) is 0. The number of rotatable bonds is 9. The molecule has 0 aromatic heterocycles. The molecule has 0 rings (SSSR count). The van der Waals surface area contributed by atoms with Gasteiger partial charge in [-0.05, 0) is 38.5 Å². The van der Waals surface area contributed by atoms with Crippen LogP contribution in [-0.2, 0) is 9.53 Å². The smallest absolute Gasteiger partial charge is 0.145 e. The Morgan fingerprint density at radius 2 is 2.00 bits per heavy atom. The predicted octanol–water partition coefficient (Wildman–Crippen LogP) is 3.11. The molecule has 0 aromatic carbocycles. The minimum atomic E-state index is -0.0217. The van der Waals surface area contributed by atoms with Gasteiger partial charge < -0.3 is 14.6 Å². The van der Waals surface area contributed by atoms with E-state index < -0.39 is 0 Å². The zero-order valence-corrected chi connectivity index (χ0v) is 13.0. The van der Waals surface area contributed by atoms with Crippen molar-refractivity contribution in [2.45, 2.75) is 39.0 Å². The van der Waals surface area contributed by atoms with Crippen LogP contribution in [0.1, 0.15) is 27.7 Å². The van der Waals surface area contributed by atoms with Crippen molar-refractivity contribution in [1.29, 1.82) is 0 Å². The van der Waals surface area contributed by atoms with Gasteiger partial charge in [0.2, 0.25) is 0 Å². The summed E-state index contributed by atoms with van der Waals surface area (Å²) in [5, 5.41) is 9.29. The SMILES string of the molecule is C=C(C)/C=C(\C=C(\C)CO)S[C@@H](C)[C@@H](C)OCC=O. The van der Waals surface area contributed by atoms with Crippen molar-refractivity contribution in [1.82, 2.24) is 0 Å². The maximum Gasteiger partial charge on any atom is 0.145 e. The summed E-state index contributed by atoms with van der Waals surface area (Å²) in [6.45, 7) is 11.8. The maximum absolute atomic E-state index is 10.3. The second-order valence-electron chi connectivity index (χ2n) is 4.57. The molecule has 0 spiro atoms. The highest BCUT2D eigenvalue weighted by molar-refractivity contribution is 8.03. The Morgan fingerprint density at radius 1 is 1.37 bits per heavy atom. The van der Waals surface area contributed by atoms with Gasteiger partial charge in [0.1, 0.15) is 12.9 Å². The Bertz CT molecular complexity index is 358. The zero-order chi connectivity index (χ0) is 14.8. The van der Waals surface area contributed by atoms with Crippen LogP contribution in [-0.4, -0.2) is 36.0 Å². The largest absolute Gasteiger partial charge is 0.392 e. The van der Waals surface area contributed by atoms with Gasteiger partial charge in [-0.3, -0.25) is 0 Å². The lowest BCUT2D eigenvalue weighted by molar-refractivity contribution is -0.113. The summed E-state index contributed by atoms with van der Waals surface area (Å²) in [5.41, 5.74) is 1.85. The van der Waals surface area contributed by atoms with E-state index >= 15 is 0 Å². The molecule has 0 aromatic rings. The quantitative estimate of drug-likeness (QED) is 0.522. The molecular formula is C15H24O3S. The third kappa shape index (κ3) is 8.81. The standard InChI is InChI=1S/C15H24O3S/c1-11(2)8-15(9-12(3)10-17)19-14(5)13(4)18-7-6-16/h6,8-9,13-14,17H,1,7,10H2,2-5H3/b12-9-,15-8+/t13-,14+/m1/s1. The third-order valence-corrected chi connectivity index (χ3v) is 3.70. The van der Waals surface area contributed by atoms with E-state index in [0.29, 0.717) is 0 Å². The van der Waals surface area contributed by atoms with E-state index in [2.05, 4.69) is 13.5 Å². The lowest BCUT2D eigenvalue weighted by Crippen LogP contribution is -2.21. The summed E-state index contributed by atoms with van der Waals surface area (Å²) in [6.07, 6.45) is 4.66. The van der Waals surface area contributed by atoms with E-state index in [0.717, 1.165) is 22.3 Å². The molecular weight excluding hydrogens is 260 g/mol. The monoisotopic (exact) mass is 284 g/mol. The number of thioether (sulfide) groups is 1. The van der Waals surface area contributed by atoms with Crippen molar-refractivity contribution in [3.63, 3.8) is 0 Å². The van der Waals surface area contributed by atoms with E-state index in [-0.39, 0.29) is 24.6 Å². The van der Waals surface area contributed by atoms with Gasteiger partial charge in [0.05, 0.1) is 12.7 Å². The Balaban J connectivity index is 4.73. The molecule has 19 heavy (non-hydrogen) atoms. The molecule has 0 aliphatic rings. The van der Waals surface area contributed by atoms with Crippen molar-refractivity contribution in [2.75, 3.05) is 13.2 Å². The molecule has 4 heteroatoms. The number of aliphatic hydroxyl groups excluding tert-OH is 1. The van der Waals surface area contributed by atoms with Crippen LogP contribution in [0.3, 0.4) is 0 Å². The van der Waals surface area contributed by atoms with Gasteiger partial charge in [0.15, 0.2) is 0 Å². The van der Waals surface area contributed by atoms with Crippen LogP contribution in [0.15, 0.2) is 34.8 Å². The summed E-state index contributed by atoms with van der Waals surface area (Å²) >= 11 is 1.65. The third-order valence-electron chi connectivity index (χ3n) is 2.44. The van der Waals surface area contributed by atoms with E-state index in [1.54, 1.807) is 11.8 Å². The fourth-order valence-corrected chi connectivity index (χ4v) is 2.52. The number of aldehydes is 1. The lowest BCUT2D eigenvalue weighted by Gasteiger charge is -2.19. The molecule has 3 nitrogen and oxygen atoms in total. The second-order valence-corrected chi connectivity index (χ2v) is 6.02. The number of hydrogen-bond acceptors (Lipinski definition) is 4. The molecule has 0 saturated carbocycles. The Kier molecular flexibility index (Phi) is 9.57. The van der Waals surface area contributed by atoms with Crippen LogP contribution in [0.2, 0.25) is 0 Å². The fraction of sp³-hybridized carbons (Fsp3) is 0.533. The lowest BCUT2D eigenvalue weighted by atomic mass is 10.2. The Morgan fingerprint density at radius 3 is 2.47 bits per heavy atom. The highest BCUT2D eigenvalue weighted by Gasteiger charge is 2.14. The van der Waals surface area contributed by atoms with Gasteiger partial charge >= 0.3 is 0 Å². The van der Waals surface area contributed by atoms with Crippen LogP contribution in [0.5, 0.6) is 0 Å². The summed E-state index contributed by atoms with van der Waals surface area (Å²) < 4.78 is 5.38. The molecule has 0 aliphatic carbocycles. The first-order chi connectivity index (χ1) is 8.90. The zero-order valence-electron chi connectivity index (χ0n) is 12.2. The van der Waals surface area contributed by atoms with Gasteiger partial charge in [-0.15, -0.1) is 11.8 Å². The number of carbonyl (C=O) groups excluding carboxylic acids is 1. The molecule has 0 fully saturated rings. The summed E-state index contributed by atoms with van der Waals surface area (Å²) in [6, 6.07) is 0. The molecule has 0 saturated heterocycles. The van der Waals surface area contributed by atoms with Gasteiger partial charge in [-0.1, -0.05) is 19.1 Å². The topological polar surface area (TPSA) is 46.5 Å². The minimum Gasteiger partial charge on any atom is -0.392 e. The van der Waals surface area contributed by atoms with E-state index in [1.165, 1.54) is 0 Å². The first kappa shape index (κ1) is 18.2. The van der Waals surface area contributed by atoms with Crippen molar-refractivity contribution in [2.24, 2.45) is 0 Å². The molecule has 2 atom stereocenters. The second kappa shape index (κ2) is 10.0. The molecule has 0 unspecified atom stereocenters. The van der Waals surface area contributed by atoms with Gasteiger partial charge in [-0.25, -0.2) is 0 Å². The van der Waals surface area contributed by atoms with Crippen molar-refractivity contribution in [3.8, 4) is 0 Å². The average Bonchev–Trinajstić information content (AvgIpc) is 2.34. The predicted molar refractivity (Wildman–Crippen MR) is 82.3 cm³/mol. The van der Waals surface area contributed by atoms with Crippen LogP contribution < -0.4 is 0 Å². The van der Waals surface area contributed by atoms with Crippen LogP contribution in [0.4, 0.5) is 0 Å². The Hall–Kier alpha value is -0.840. The molecule has 0 heterocycles. The minimum absolute atomic E-state index is 0.0217. The highest BCUT2D eigenvalue weighted by atomic mass is 32.2. The molecule has 0 bridgehead atoms. The molecule has 1 N–H and O–H groups in total. The summed E-state index contributed by atoms with van der Waals surface area (Å²) in [4.78, 5) is 11.3. The number of ether oxygens (including phenoxy) is 1. The number of aliphatic hydroxyl groups is 1. The molecule has 108 valence electrons. The van der Waals surface area contributed by atoms with Crippen molar-refractivity contribution >= 4 is 18.0 Å². The molecule has 0 radical (unpaired) electrons. The fourth-order valence-electron chi connectivity index (χ4n) is 1.28. The summed E-state index contributed by atoms with van der Waals surface area (Å²) in [5.74, 6) is 0. The van der Waals surface area contributed by atoms with Gasteiger partial charge in [0, 0.05) is 10.2 Å². The maximum atomic E-state index is 10.3. The van der Waals surface area contributed by atoms with Crippen molar-refractivity contribution in [3.05, 3.63) is 34.8 Å². The van der Waals surface area contributed by atoms with Gasteiger partial charge in [0.25, 0.3) is 0 Å². The van der Waals surface area contributed by atoms with E-state index in [1.807, 2.05) is 32.9 Å². The van der Waals surface area contributed by atoms with Crippen LogP contribution in [0, 0.1) is 0 Å². The van der Waals surface area contributed by atoms with E-state index in [4.69, 9.17) is 9.84 Å². The first-order valence-corrected chi connectivity index (χ1v) is 7.15. The molecule has 0 amide bonds. The van der Waals surface area contributed by atoms with Crippen LogP contribution >= 0.6 is 11.8 Å². The number of carbonyl (C=O) groups is 1. The first-order valence-electron chi connectivity index (χ1n) is 6.27. The number of allylic oxidation sites excluding steroid dienone is 3. The van der Waals surface area contributed by atoms with Gasteiger partial charge in [-0.2, -0.15) is 0 Å². The Labute approximate surface area is 120 Å². The van der Waals surface area contributed by atoms with Crippen LogP contribution in [0.25, 0.3) is 0 Å².